The van der Waals surface area contributed by atoms with Crippen molar-refractivity contribution in [1.82, 2.24) is 9.62 Å². The highest BCUT2D eigenvalue weighted by molar-refractivity contribution is 7.89. The molecule has 1 amide bonds. The van der Waals surface area contributed by atoms with Crippen LogP contribution in [0.2, 0.25) is 5.02 Å². The molecule has 1 aliphatic rings. The van der Waals surface area contributed by atoms with E-state index in [0.29, 0.717) is 35.6 Å². The summed E-state index contributed by atoms with van der Waals surface area (Å²) in [6, 6.07) is 11.7. The SMILES string of the molecule is COCC(C)NC(=O)c1ccc(CN(C2CCCCC2F)S(=O)(=O)c2ccc(Cl)cc2)cc1. The monoisotopic (exact) mass is 496 g/mol. The minimum absolute atomic E-state index is 0.0119. The number of ether oxygens (including phenoxy) is 1. The molecule has 0 bridgehead atoms. The number of amides is 1. The fraction of sp³-hybridized carbons (Fsp3) is 0.458. The van der Waals surface area contributed by atoms with Crippen molar-refractivity contribution in [2.24, 2.45) is 0 Å². The number of sulfonamides is 1. The van der Waals surface area contributed by atoms with Crippen molar-refractivity contribution in [2.75, 3.05) is 13.7 Å². The van der Waals surface area contributed by atoms with Gasteiger partial charge < -0.3 is 10.1 Å². The zero-order valence-corrected chi connectivity index (χ0v) is 20.4. The Hall–Kier alpha value is -2.00. The predicted molar refractivity (Wildman–Crippen MR) is 127 cm³/mol. The fourth-order valence-electron chi connectivity index (χ4n) is 4.05. The lowest BCUT2D eigenvalue weighted by Crippen LogP contribution is -2.46. The van der Waals surface area contributed by atoms with Crippen molar-refractivity contribution in [3.05, 3.63) is 64.7 Å². The highest BCUT2D eigenvalue weighted by atomic mass is 35.5. The highest BCUT2D eigenvalue weighted by Crippen LogP contribution is 2.32. The Kier molecular flexibility index (Phi) is 8.87. The van der Waals surface area contributed by atoms with Gasteiger partial charge >= 0.3 is 0 Å². The van der Waals surface area contributed by atoms with E-state index >= 15 is 0 Å². The number of benzene rings is 2. The van der Waals surface area contributed by atoms with Gasteiger partial charge in [-0.2, -0.15) is 4.31 Å². The van der Waals surface area contributed by atoms with E-state index in [1.54, 1.807) is 31.4 Å². The smallest absolute Gasteiger partial charge is 0.251 e. The molecule has 0 aromatic heterocycles. The number of halogens is 2. The number of alkyl halides is 1. The van der Waals surface area contributed by atoms with E-state index in [-0.39, 0.29) is 23.4 Å². The van der Waals surface area contributed by atoms with Crippen LogP contribution in [0.3, 0.4) is 0 Å². The van der Waals surface area contributed by atoms with Crippen LogP contribution in [0.4, 0.5) is 4.39 Å². The Bertz CT molecular complexity index is 1030. The van der Waals surface area contributed by atoms with E-state index < -0.39 is 22.2 Å². The van der Waals surface area contributed by atoms with E-state index in [1.807, 2.05) is 6.92 Å². The third-order valence-electron chi connectivity index (χ3n) is 5.79. The summed E-state index contributed by atoms with van der Waals surface area (Å²) >= 11 is 5.92. The standard InChI is InChI=1S/C24H30ClFN2O4S/c1-17(16-32-2)27-24(29)19-9-7-18(8-10-19)15-28(23-6-4-3-5-22(23)26)33(30,31)21-13-11-20(25)12-14-21/h7-14,17,22-23H,3-6,15-16H2,1-2H3,(H,27,29). The van der Waals surface area contributed by atoms with Crippen LogP contribution in [-0.4, -0.2) is 50.6 Å². The summed E-state index contributed by atoms with van der Waals surface area (Å²) in [5, 5.41) is 3.26. The number of hydrogen-bond donors (Lipinski definition) is 1. The summed E-state index contributed by atoms with van der Waals surface area (Å²) in [4.78, 5) is 12.5. The largest absolute Gasteiger partial charge is 0.383 e. The fourth-order valence-corrected chi connectivity index (χ4v) is 5.84. The Morgan fingerprint density at radius 1 is 1.15 bits per heavy atom. The van der Waals surface area contributed by atoms with Crippen LogP contribution in [0.15, 0.2) is 53.4 Å². The van der Waals surface area contributed by atoms with Gasteiger partial charge in [0.1, 0.15) is 6.17 Å². The van der Waals surface area contributed by atoms with Gasteiger partial charge in [-0.3, -0.25) is 4.79 Å². The number of rotatable bonds is 9. The number of hydrogen-bond acceptors (Lipinski definition) is 4. The molecule has 3 atom stereocenters. The number of nitrogens with zero attached hydrogens (tertiary/aromatic N) is 1. The van der Waals surface area contributed by atoms with Crippen LogP contribution in [0.5, 0.6) is 0 Å². The number of nitrogens with one attached hydrogen (secondary N) is 1. The topological polar surface area (TPSA) is 75.7 Å². The van der Waals surface area contributed by atoms with E-state index in [0.717, 1.165) is 12.8 Å². The number of carbonyl (C=O) groups excluding carboxylic acids is 1. The molecule has 6 nitrogen and oxygen atoms in total. The molecule has 0 aliphatic heterocycles. The van der Waals surface area contributed by atoms with Gasteiger partial charge in [-0.15, -0.1) is 0 Å². The molecule has 0 saturated heterocycles. The molecule has 0 spiro atoms. The van der Waals surface area contributed by atoms with Gasteiger partial charge in [-0.05, 0) is 61.7 Å². The lowest BCUT2D eigenvalue weighted by atomic mass is 9.93. The van der Waals surface area contributed by atoms with Crippen molar-refractivity contribution < 1.29 is 22.3 Å². The second-order valence-corrected chi connectivity index (χ2v) is 10.7. The highest BCUT2D eigenvalue weighted by Gasteiger charge is 2.38. The van der Waals surface area contributed by atoms with Crippen LogP contribution >= 0.6 is 11.6 Å². The van der Waals surface area contributed by atoms with Crippen LogP contribution in [-0.2, 0) is 21.3 Å². The Morgan fingerprint density at radius 3 is 2.39 bits per heavy atom. The summed E-state index contributed by atoms with van der Waals surface area (Å²) < 4.78 is 48.1. The molecule has 33 heavy (non-hydrogen) atoms. The Morgan fingerprint density at radius 2 is 1.79 bits per heavy atom. The van der Waals surface area contributed by atoms with E-state index in [2.05, 4.69) is 5.32 Å². The molecular formula is C24H30ClFN2O4S. The first-order chi connectivity index (χ1) is 15.7. The molecule has 1 saturated carbocycles. The average Bonchev–Trinajstić information content (AvgIpc) is 2.79. The van der Waals surface area contributed by atoms with E-state index in [9.17, 15) is 17.6 Å². The summed E-state index contributed by atoms with van der Waals surface area (Å²) in [6.07, 6.45) is 1.10. The first kappa shape index (κ1) is 25.6. The summed E-state index contributed by atoms with van der Waals surface area (Å²) in [7, 11) is -2.39. The van der Waals surface area contributed by atoms with Gasteiger partial charge in [0.2, 0.25) is 10.0 Å². The van der Waals surface area contributed by atoms with Crippen LogP contribution in [0, 0.1) is 0 Å². The minimum Gasteiger partial charge on any atom is -0.383 e. The molecule has 9 heteroatoms. The van der Waals surface area contributed by atoms with Crippen molar-refractivity contribution in [3.8, 4) is 0 Å². The molecular weight excluding hydrogens is 467 g/mol. The molecule has 1 aliphatic carbocycles. The maximum Gasteiger partial charge on any atom is 0.251 e. The normalized spacial score (nSPS) is 19.9. The van der Waals surface area contributed by atoms with Crippen LogP contribution < -0.4 is 5.32 Å². The second kappa shape index (κ2) is 11.4. The predicted octanol–water partition coefficient (Wildman–Crippen LogP) is 4.58. The van der Waals surface area contributed by atoms with Gasteiger partial charge in [-0.25, -0.2) is 12.8 Å². The maximum absolute atomic E-state index is 14.9. The maximum atomic E-state index is 14.9. The number of methoxy groups -OCH3 is 1. The quantitative estimate of drug-likeness (QED) is 0.551. The molecule has 2 aromatic carbocycles. The number of carbonyl (C=O) groups is 1. The Labute approximate surface area is 200 Å². The molecule has 2 aromatic rings. The lowest BCUT2D eigenvalue weighted by molar-refractivity contribution is 0.0905. The van der Waals surface area contributed by atoms with Crippen molar-refractivity contribution in [1.29, 1.82) is 0 Å². The molecule has 3 rings (SSSR count). The van der Waals surface area contributed by atoms with Gasteiger partial charge in [0.15, 0.2) is 0 Å². The first-order valence-electron chi connectivity index (χ1n) is 11.0. The van der Waals surface area contributed by atoms with Crippen molar-refractivity contribution >= 4 is 27.5 Å². The van der Waals surface area contributed by atoms with Crippen LogP contribution in [0.1, 0.15) is 48.5 Å². The minimum atomic E-state index is -3.96. The molecule has 1 fully saturated rings. The average molecular weight is 497 g/mol. The van der Waals surface area contributed by atoms with Gasteiger partial charge in [0.25, 0.3) is 5.91 Å². The van der Waals surface area contributed by atoms with Crippen molar-refractivity contribution in [3.63, 3.8) is 0 Å². The zero-order valence-electron chi connectivity index (χ0n) is 18.8. The summed E-state index contributed by atoms with van der Waals surface area (Å²) in [5.74, 6) is -0.243. The molecule has 0 heterocycles. The first-order valence-corrected chi connectivity index (χ1v) is 12.8. The summed E-state index contributed by atoms with van der Waals surface area (Å²) in [6.45, 7) is 2.25. The Balaban J connectivity index is 1.84. The molecule has 0 radical (unpaired) electrons. The van der Waals surface area contributed by atoms with E-state index in [4.69, 9.17) is 16.3 Å². The third-order valence-corrected chi connectivity index (χ3v) is 7.92. The van der Waals surface area contributed by atoms with Gasteiger partial charge in [-0.1, -0.05) is 36.6 Å². The lowest BCUT2D eigenvalue weighted by Gasteiger charge is -2.35. The zero-order chi connectivity index (χ0) is 24.0. The second-order valence-electron chi connectivity index (χ2n) is 8.40. The molecule has 1 N–H and O–H groups in total. The van der Waals surface area contributed by atoms with Gasteiger partial charge in [0, 0.05) is 30.3 Å². The van der Waals surface area contributed by atoms with Crippen LogP contribution in [0.25, 0.3) is 0 Å². The molecule has 180 valence electrons. The summed E-state index contributed by atoms with van der Waals surface area (Å²) in [5.41, 5.74) is 1.13. The van der Waals surface area contributed by atoms with E-state index in [1.165, 1.54) is 28.6 Å². The third kappa shape index (κ3) is 6.53. The molecule has 3 unspecified atom stereocenters. The van der Waals surface area contributed by atoms with Gasteiger partial charge in [0.05, 0.1) is 17.5 Å². The van der Waals surface area contributed by atoms with Crippen molar-refractivity contribution in [2.45, 2.75) is 62.3 Å².